The second-order valence-electron chi connectivity index (χ2n) is 6.48. The quantitative estimate of drug-likeness (QED) is 0.664. The van der Waals surface area contributed by atoms with Crippen molar-refractivity contribution in [2.75, 3.05) is 0 Å². The lowest BCUT2D eigenvalue weighted by atomic mass is 10.1. The number of nitrogens with zero attached hydrogens (tertiary/aromatic N) is 1. The van der Waals surface area contributed by atoms with Gasteiger partial charge in [0.15, 0.2) is 12.2 Å². The predicted octanol–water partition coefficient (Wildman–Crippen LogP) is 5.55. The molecule has 5 heteroatoms. The average molecular weight is 350 g/mol. The second kappa shape index (κ2) is 5.73. The molecule has 0 amide bonds. The highest BCUT2D eigenvalue weighted by Gasteiger charge is 2.37. The molecular weight excluding hydrogens is 326 g/mol. The third-order valence-corrected chi connectivity index (χ3v) is 9.93. The Hall–Kier alpha value is 0.287. The van der Waals surface area contributed by atoms with Gasteiger partial charge in [0.2, 0.25) is 0 Å². The lowest BCUT2D eigenvalue weighted by Gasteiger charge is -2.36. The highest BCUT2D eigenvalue weighted by Crippen LogP contribution is 2.38. The SMILES string of the molecule is CC(C)c1sc(Br)nc1CO[Si](C)(C)C(C)(C)C. The van der Waals surface area contributed by atoms with Crippen LogP contribution in [0.1, 0.15) is 51.1 Å². The maximum atomic E-state index is 6.25. The molecule has 104 valence electrons. The molecule has 0 N–H and O–H groups in total. The summed E-state index contributed by atoms with van der Waals surface area (Å²) < 4.78 is 7.20. The van der Waals surface area contributed by atoms with E-state index in [1.807, 2.05) is 0 Å². The van der Waals surface area contributed by atoms with Crippen LogP contribution in [0.3, 0.4) is 0 Å². The normalized spacial score (nSPS) is 13.4. The van der Waals surface area contributed by atoms with Crippen LogP contribution in [0, 0.1) is 0 Å². The molecule has 0 aliphatic heterocycles. The molecule has 0 spiro atoms. The van der Waals surface area contributed by atoms with Crippen molar-refractivity contribution in [1.29, 1.82) is 0 Å². The highest BCUT2D eigenvalue weighted by atomic mass is 79.9. The average Bonchev–Trinajstić information content (AvgIpc) is 2.55. The molecule has 0 atom stereocenters. The minimum atomic E-state index is -1.69. The molecule has 0 fully saturated rings. The first-order valence-corrected chi connectivity index (χ1v) is 10.9. The Bertz CT molecular complexity index is 410. The van der Waals surface area contributed by atoms with Crippen LogP contribution in [0.4, 0.5) is 0 Å². The zero-order valence-corrected chi connectivity index (χ0v) is 15.8. The maximum Gasteiger partial charge on any atom is 0.192 e. The van der Waals surface area contributed by atoms with Crippen molar-refractivity contribution >= 4 is 35.6 Å². The first-order chi connectivity index (χ1) is 8.04. The van der Waals surface area contributed by atoms with Crippen LogP contribution in [0.15, 0.2) is 3.92 Å². The van der Waals surface area contributed by atoms with Gasteiger partial charge in [-0.1, -0.05) is 34.6 Å². The van der Waals surface area contributed by atoms with E-state index in [0.717, 1.165) is 9.61 Å². The van der Waals surface area contributed by atoms with E-state index in [-0.39, 0.29) is 5.04 Å². The molecule has 1 rings (SSSR count). The molecule has 0 saturated carbocycles. The van der Waals surface area contributed by atoms with Crippen LogP contribution < -0.4 is 0 Å². The van der Waals surface area contributed by atoms with Crippen LogP contribution in [0.2, 0.25) is 18.1 Å². The van der Waals surface area contributed by atoms with Gasteiger partial charge in [0, 0.05) is 4.88 Å². The van der Waals surface area contributed by atoms with Crippen LogP contribution in [-0.2, 0) is 11.0 Å². The van der Waals surface area contributed by atoms with Crippen molar-refractivity contribution in [3.8, 4) is 0 Å². The van der Waals surface area contributed by atoms with Gasteiger partial charge in [0.1, 0.15) is 0 Å². The molecule has 0 bridgehead atoms. The Morgan fingerprint density at radius 2 is 1.89 bits per heavy atom. The number of thiazole rings is 1. The van der Waals surface area contributed by atoms with E-state index in [0.29, 0.717) is 12.5 Å². The van der Waals surface area contributed by atoms with Crippen LogP contribution in [0.25, 0.3) is 0 Å². The van der Waals surface area contributed by atoms with Crippen LogP contribution in [-0.4, -0.2) is 13.3 Å². The van der Waals surface area contributed by atoms with E-state index in [1.54, 1.807) is 11.3 Å². The minimum Gasteiger partial charge on any atom is -0.411 e. The fourth-order valence-corrected chi connectivity index (χ4v) is 3.82. The third-order valence-electron chi connectivity index (χ3n) is 3.60. The first kappa shape index (κ1) is 16.3. The monoisotopic (exact) mass is 349 g/mol. The largest absolute Gasteiger partial charge is 0.411 e. The van der Waals surface area contributed by atoms with Gasteiger partial charge in [0.25, 0.3) is 0 Å². The van der Waals surface area contributed by atoms with Gasteiger partial charge < -0.3 is 4.43 Å². The molecule has 0 aliphatic rings. The van der Waals surface area contributed by atoms with Gasteiger partial charge in [0.05, 0.1) is 12.3 Å². The Kier molecular flexibility index (Phi) is 5.20. The van der Waals surface area contributed by atoms with Gasteiger partial charge in [-0.25, -0.2) is 4.98 Å². The van der Waals surface area contributed by atoms with E-state index in [4.69, 9.17) is 4.43 Å². The van der Waals surface area contributed by atoms with Crippen molar-refractivity contribution in [2.24, 2.45) is 0 Å². The summed E-state index contributed by atoms with van der Waals surface area (Å²) in [6.07, 6.45) is 0. The number of halogens is 1. The molecule has 0 saturated heterocycles. The summed E-state index contributed by atoms with van der Waals surface area (Å²) >= 11 is 5.20. The Balaban J connectivity index is 2.81. The van der Waals surface area contributed by atoms with Crippen molar-refractivity contribution in [3.05, 3.63) is 14.5 Å². The van der Waals surface area contributed by atoms with E-state index >= 15 is 0 Å². The lowest BCUT2D eigenvalue weighted by molar-refractivity contribution is 0.271. The van der Waals surface area contributed by atoms with E-state index < -0.39 is 8.32 Å². The summed E-state index contributed by atoms with van der Waals surface area (Å²) in [5, 5.41) is 0.248. The van der Waals surface area contributed by atoms with Crippen molar-refractivity contribution in [2.45, 2.75) is 65.3 Å². The third kappa shape index (κ3) is 3.89. The van der Waals surface area contributed by atoms with Gasteiger partial charge in [-0.2, -0.15) is 0 Å². The fraction of sp³-hybridized carbons (Fsp3) is 0.769. The summed E-state index contributed by atoms with van der Waals surface area (Å²) in [4.78, 5) is 5.88. The van der Waals surface area contributed by atoms with Crippen molar-refractivity contribution in [3.63, 3.8) is 0 Å². The highest BCUT2D eigenvalue weighted by molar-refractivity contribution is 9.11. The van der Waals surface area contributed by atoms with Crippen molar-refractivity contribution in [1.82, 2.24) is 4.98 Å². The molecule has 0 unspecified atom stereocenters. The standard InChI is InChI=1S/C13H24BrNOSSi/c1-9(2)11-10(15-12(14)17-11)8-16-18(6,7)13(3,4)5/h9H,8H2,1-7H3. The maximum absolute atomic E-state index is 6.25. The summed E-state index contributed by atoms with van der Waals surface area (Å²) in [6, 6.07) is 0. The zero-order valence-electron chi connectivity index (χ0n) is 12.4. The first-order valence-electron chi connectivity index (χ1n) is 6.33. The van der Waals surface area contributed by atoms with Gasteiger partial charge in [-0.15, -0.1) is 11.3 Å². The number of hydrogen-bond donors (Lipinski definition) is 0. The molecule has 18 heavy (non-hydrogen) atoms. The second-order valence-corrected chi connectivity index (χ2v) is 13.6. The minimum absolute atomic E-state index is 0.248. The molecule has 0 aliphatic carbocycles. The van der Waals surface area contributed by atoms with Gasteiger partial charge in [-0.05, 0) is 40.0 Å². The smallest absolute Gasteiger partial charge is 0.192 e. The zero-order chi connectivity index (χ0) is 14.1. The predicted molar refractivity (Wildman–Crippen MR) is 85.9 cm³/mol. The van der Waals surface area contributed by atoms with Gasteiger partial charge >= 0.3 is 0 Å². The Labute approximate surface area is 124 Å². The van der Waals surface area contributed by atoms with Crippen molar-refractivity contribution < 1.29 is 4.43 Å². The molecule has 1 heterocycles. The number of rotatable bonds is 4. The Morgan fingerprint density at radius 3 is 2.33 bits per heavy atom. The van der Waals surface area contributed by atoms with Crippen LogP contribution >= 0.6 is 27.3 Å². The molecule has 0 aromatic carbocycles. The van der Waals surface area contributed by atoms with E-state index in [9.17, 15) is 0 Å². The summed E-state index contributed by atoms with van der Waals surface area (Å²) in [5.74, 6) is 0.506. The summed E-state index contributed by atoms with van der Waals surface area (Å²) in [6.45, 7) is 16.4. The molecule has 1 aromatic rings. The topological polar surface area (TPSA) is 22.1 Å². The lowest BCUT2D eigenvalue weighted by Crippen LogP contribution is -2.40. The van der Waals surface area contributed by atoms with E-state index in [2.05, 4.69) is 68.6 Å². The number of aromatic nitrogens is 1. The number of hydrogen-bond acceptors (Lipinski definition) is 3. The van der Waals surface area contributed by atoms with E-state index in [1.165, 1.54) is 4.88 Å². The Morgan fingerprint density at radius 1 is 1.33 bits per heavy atom. The van der Waals surface area contributed by atoms with Gasteiger partial charge in [-0.3, -0.25) is 0 Å². The van der Waals surface area contributed by atoms with Crippen LogP contribution in [0.5, 0.6) is 0 Å². The molecular formula is C13H24BrNOSSi. The molecule has 2 nitrogen and oxygen atoms in total. The molecule has 1 aromatic heterocycles. The summed E-state index contributed by atoms with van der Waals surface area (Å²) in [5.41, 5.74) is 1.10. The summed E-state index contributed by atoms with van der Waals surface area (Å²) in [7, 11) is -1.69. The molecule has 0 radical (unpaired) electrons. The fourth-order valence-electron chi connectivity index (χ4n) is 1.35.